The smallest absolute Gasteiger partial charge is 0.241 e. The van der Waals surface area contributed by atoms with Crippen LogP contribution in [0.15, 0.2) is 23.1 Å². The first-order valence-corrected chi connectivity index (χ1v) is 7.90. The molecule has 20 heavy (non-hydrogen) atoms. The van der Waals surface area contributed by atoms with E-state index in [0.29, 0.717) is 18.6 Å². The molecule has 0 aliphatic heterocycles. The lowest BCUT2D eigenvalue weighted by Crippen LogP contribution is -2.50. The number of anilines is 1. The SMILES string of the molecule is CCC(CC)(CO)NS(=O)(=O)c1ccc(OC)c(N)c1. The summed E-state index contributed by atoms with van der Waals surface area (Å²) in [5.41, 5.74) is 5.12. The number of aliphatic hydroxyl groups is 1. The third-order valence-electron chi connectivity index (χ3n) is 3.52. The van der Waals surface area contributed by atoms with Gasteiger partial charge in [0.15, 0.2) is 0 Å². The van der Waals surface area contributed by atoms with Crippen molar-refractivity contribution in [3.05, 3.63) is 18.2 Å². The molecule has 1 aromatic carbocycles. The fourth-order valence-corrected chi connectivity index (χ4v) is 3.44. The van der Waals surface area contributed by atoms with E-state index in [4.69, 9.17) is 10.5 Å². The third-order valence-corrected chi connectivity index (χ3v) is 5.09. The molecule has 0 saturated heterocycles. The quantitative estimate of drug-likeness (QED) is 0.655. The van der Waals surface area contributed by atoms with Gasteiger partial charge < -0.3 is 15.6 Å². The van der Waals surface area contributed by atoms with Gasteiger partial charge in [0.05, 0.1) is 29.8 Å². The molecular weight excluding hydrogens is 280 g/mol. The highest BCUT2D eigenvalue weighted by Crippen LogP contribution is 2.26. The van der Waals surface area contributed by atoms with Crippen molar-refractivity contribution >= 4 is 15.7 Å². The maximum Gasteiger partial charge on any atom is 0.241 e. The maximum atomic E-state index is 12.4. The molecule has 0 heterocycles. The topological polar surface area (TPSA) is 102 Å². The fraction of sp³-hybridized carbons (Fsp3) is 0.538. The Morgan fingerprint density at radius 3 is 2.35 bits per heavy atom. The average Bonchev–Trinajstić information content (AvgIpc) is 2.44. The molecule has 0 fully saturated rings. The Hall–Kier alpha value is -1.31. The van der Waals surface area contributed by atoms with Crippen molar-refractivity contribution < 1.29 is 18.3 Å². The Morgan fingerprint density at radius 2 is 1.95 bits per heavy atom. The molecule has 7 heteroatoms. The van der Waals surface area contributed by atoms with Crippen LogP contribution in [0, 0.1) is 0 Å². The second-order valence-corrected chi connectivity index (χ2v) is 6.34. The summed E-state index contributed by atoms with van der Waals surface area (Å²) in [7, 11) is -2.29. The van der Waals surface area contributed by atoms with Crippen LogP contribution in [0.3, 0.4) is 0 Å². The summed E-state index contributed by atoms with van der Waals surface area (Å²) < 4.78 is 32.3. The molecular formula is C13H22N2O4S. The number of nitrogens with two attached hydrogens (primary N) is 1. The molecule has 0 atom stereocenters. The van der Waals surface area contributed by atoms with E-state index in [0.717, 1.165) is 0 Å². The predicted octanol–water partition coefficient (Wildman–Crippen LogP) is 1.11. The van der Waals surface area contributed by atoms with Gasteiger partial charge in [-0.1, -0.05) is 13.8 Å². The summed E-state index contributed by atoms with van der Waals surface area (Å²) in [5.74, 6) is 0.420. The van der Waals surface area contributed by atoms with Crippen molar-refractivity contribution in [2.24, 2.45) is 0 Å². The molecule has 0 spiro atoms. The second kappa shape index (κ2) is 6.43. The lowest BCUT2D eigenvalue weighted by molar-refractivity contribution is 0.172. The summed E-state index contributed by atoms with van der Waals surface area (Å²) in [4.78, 5) is 0.0514. The van der Waals surface area contributed by atoms with Gasteiger partial charge in [0.2, 0.25) is 10.0 Å². The van der Waals surface area contributed by atoms with Crippen molar-refractivity contribution in [2.75, 3.05) is 19.5 Å². The lowest BCUT2D eigenvalue weighted by Gasteiger charge is -2.30. The highest BCUT2D eigenvalue weighted by molar-refractivity contribution is 7.89. The predicted molar refractivity (Wildman–Crippen MR) is 78.1 cm³/mol. The summed E-state index contributed by atoms with van der Waals surface area (Å²) in [6.07, 6.45) is 0.982. The van der Waals surface area contributed by atoms with Crippen LogP contribution < -0.4 is 15.2 Å². The molecule has 0 saturated carbocycles. The number of hydrogen-bond donors (Lipinski definition) is 3. The van der Waals surface area contributed by atoms with Gasteiger partial charge in [0, 0.05) is 0 Å². The lowest BCUT2D eigenvalue weighted by atomic mass is 9.96. The van der Waals surface area contributed by atoms with Gasteiger partial charge in [0.25, 0.3) is 0 Å². The summed E-state index contributed by atoms with van der Waals surface area (Å²) >= 11 is 0. The Labute approximate surface area is 120 Å². The molecule has 1 aromatic rings. The number of methoxy groups -OCH3 is 1. The average molecular weight is 302 g/mol. The van der Waals surface area contributed by atoms with Crippen molar-refractivity contribution in [2.45, 2.75) is 37.1 Å². The van der Waals surface area contributed by atoms with Gasteiger partial charge in [-0.25, -0.2) is 13.1 Å². The summed E-state index contributed by atoms with van der Waals surface area (Å²) in [6, 6.07) is 4.27. The van der Waals surface area contributed by atoms with E-state index in [1.54, 1.807) is 0 Å². The van der Waals surface area contributed by atoms with Gasteiger partial charge in [0.1, 0.15) is 5.75 Å². The van der Waals surface area contributed by atoms with Gasteiger partial charge in [-0.05, 0) is 31.0 Å². The van der Waals surface area contributed by atoms with Gasteiger partial charge in [-0.15, -0.1) is 0 Å². The number of hydrogen-bond acceptors (Lipinski definition) is 5. The first kappa shape index (κ1) is 16.7. The van der Waals surface area contributed by atoms with E-state index >= 15 is 0 Å². The van der Waals surface area contributed by atoms with Gasteiger partial charge in [-0.2, -0.15) is 0 Å². The molecule has 0 bridgehead atoms. The molecule has 6 nitrogen and oxygen atoms in total. The van der Waals surface area contributed by atoms with Crippen LogP contribution in [0.4, 0.5) is 5.69 Å². The molecule has 4 N–H and O–H groups in total. The van der Waals surface area contributed by atoms with Crippen molar-refractivity contribution in [1.82, 2.24) is 4.72 Å². The number of nitrogens with one attached hydrogen (secondary N) is 1. The largest absolute Gasteiger partial charge is 0.495 e. The molecule has 1 rings (SSSR count). The number of aliphatic hydroxyl groups excluding tert-OH is 1. The van der Waals surface area contributed by atoms with Crippen LogP contribution in [-0.2, 0) is 10.0 Å². The third kappa shape index (κ3) is 3.41. The van der Waals surface area contributed by atoms with Crippen molar-refractivity contribution in [3.63, 3.8) is 0 Å². The van der Waals surface area contributed by atoms with Gasteiger partial charge >= 0.3 is 0 Å². The molecule has 0 unspecified atom stereocenters. The molecule has 0 aliphatic carbocycles. The van der Waals surface area contributed by atoms with Crippen LogP contribution in [0.5, 0.6) is 5.75 Å². The van der Waals surface area contributed by atoms with Crippen molar-refractivity contribution in [1.29, 1.82) is 0 Å². The summed E-state index contributed by atoms with van der Waals surface area (Å²) in [5, 5.41) is 9.45. The monoisotopic (exact) mass is 302 g/mol. The Morgan fingerprint density at radius 1 is 1.35 bits per heavy atom. The van der Waals surface area contributed by atoms with E-state index in [2.05, 4.69) is 4.72 Å². The zero-order valence-corrected chi connectivity index (χ0v) is 12.8. The Balaban J connectivity index is 3.14. The van der Waals surface area contributed by atoms with Crippen molar-refractivity contribution in [3.8, 4) is 5.75 Å². The molecule has 0 amide bonds. The molecule has 114 valence electrons. The number of sulfonamides is 1. The maximum absolute atomic E-state index is 12.4. The van der Waals surface area contributed by atoms with Gasteiger partial charge in [-0.3, -0.25) is 0 Å². The van der Waals surface area contributed by atoms with E-state index in [9.17, 15) is 13.5 Å². The van der Waals surface area contributed by atoms with E-state index in [1.807, 2.05) is 13.8 Å². The van der Waals surface area contributed by atoms with Crippen LogP contribution >= 0.6 is 0 Å². The number of rotatable bonds is 7. The first-order chi connectivity index (χ1) is 9.34. The first-order valence-electron chi connectivity index (χ1n) is 6.42. The minimum absolute atomic E-state index is 0.0514. The zero-order valence-electron chi connectivity index (χ0n) is 12.0. The Kier molecular flexibility index (Phi) is 5.38. The van der Waals surface area contributed by atoms with E-state index < -0.39 is 15.6 Å². The highest BCUT2D eigenvalue weighted by Gasteiger charge is 2.31. The van der Waals surface area contributed by atoms with E-state index in [-0.39, 0.29) is 17.2 Å². The summed E-state index contributed by atoms with van der Waals surface area (Å²) in [6.45, 7) is 3.39. The molecule has 0 aliphatic rings. The molecule has 0 radical (unpaired) electrons. The highest BCUT2D eigenvalue weighted by atomic mass is 32.2. The van der Waals surface area contributed by atoms with Crippen LogP contribution in [0.1, 0.15) is 26.7 Å². The van der Waals surface area contributed by atoms with E-state index in [1.165, 1.54) is 25.3 Å². The van der Waals surface area contributed by atoms with Crippen LogP contribution in [0.2, 0.25) is 0 Å². The minimum Gasteiger partial charge on any atom is -0.495 e. The van der Waals surface area contributed by atoms with Crippen LogP contribution in [0.25, 0.3) is 0 Å². The molecule has 0 aromatic heterocycles. The number of nitrogen functional groups attached to an aromatic ring is 1. The standard InChI is InChI=1S/C13H22N2O4S/c1-4-13(5-2,9-16)15-20(17,18)10-6-7-12(19-3)11(14)8-10/h6-8,15-16H,4-5,9,14H2,1-3H3. The number of benzene rings is 1. The minimum atomic E-state index is -3.75. The van der Waals surface area contributed by atoms with Crippen LogP contribution in [-0.4, -0.2) is 32.8 Å². The normalized spacial score (nSPS) is 12.4. The fourth-order valence-electron chi connectivity index (χ4n) is 1.87. The Bertz CT molecular complexity index is 545. The zero-order chi connectivity index (χ0) is 15.4. The number of ether oxygens (including phenoxy) is 1. The second-order valence-electron chi connectivity index (χ2n) is 4.65.